The number of carbonyl (C=O) groups is 1. The van der Waals surface area contributed by atoms with Crippen LogP contribution in [-0.4, -0.2) is 29.3 Å². The average molecular weight is 297 g/mol. The van der Waals surface area contributed by atoms with E-state index in [1.807, 2.05) is 0 Å². The highest BCUT2D eigenvalue weighted by Gasteiger charge is 2.64. The summed E-state index contributed by atoms with van der Waals surface area (Å²) in [4.78, 5) is 12.1. The molecule has 1 aliphatic carbocycles. The molecule has 0 atom stereocenters. The molecule has 1 amide bonds. The number of rotatable bonds is 2. The van der Waals surface area contributed by atoms with Gasteiger partial charge in [-0.2, -0.15) is 13.2 Å². The summed E-state index contributed by atoms with van der Waals surface area (Å²) in [5.41, 5.74) is -0.915. The molecule has 3 nitrogen and oxygen atoms in total. The first-order chi connectivity index (χ1) is 9.81. The van der Waals surface area contributed by atoms with Crippen molar-refractivity contribution in [2.75, 3.05) is 6.61 Å². The minimum absolute atomic E-state index is 0.0920. The zero-order valence-electron chi connectivity index (χ0n) is 11.3. The van der Waals surface area contributed by atoms with E-state index in [2.05, 4.69) is 17.2 Å². The Morgan fingerprint density at radius 3 is 2.62 bits per heavy atom. The van der Waals surface area contributed by atoms with Gasteiger partial charge >= 0.3 is 6.18 Å². The Labute approximate surface area is 120 Å². The molecule has 112 valence electrons. The van der Waals surface area contributed by atoms with Gasteiger partial charge in [-0.3, -0.25) is 4.79 Å². The van der Waals surface area contributed by atoms with Crippen LogP contribution in [0.4, 0.5) is 13.2 Å². The third-order valence-corrected chi connectivity index (χ3v) is 3.53. The molecule has 0 spiro atoms. The van der Waals surface area contributed by atoms with E-state index in [1.54, 1.807) is 19.1 Å². The zero-order chi connectivity index (χ0) is 15.7. The van der Waals surface area contributed by atoms with E-state index in [1.165, 1.54) is 6.07 Å². The molecule has 0 aliphatic heterocycles. The third-order valence-electron chi connectivity index (χ3n) is 3.53. The van der Waals surface area contributed by atoms with Crippen LogP contribution in [-0.2, 0) is 0 Å². The van der Waals surface area contributed by atoms with Crippen molar-refractivity contribution in [2.24, 2.45) is 0 Å². The molecule has 2 N–H and O–H groups in total. The minimum Gasteiger partial charge on any atom is -0.384 e. The first-order valence-corrected chi connectivity index (χ1v) is 6.39. The Kier molecular flexibility index (Phi) is 3.97. The van der Waals surface area contributed by atoms with E-state index in [9.17, 15) is 18.0 Å². The molecule has 0 bridgehead atoms. The standard InChI is InChI=1S/C15H14F3NO2/c1-10-11(5-3-9-20)4-2-6-12(10)13(21)19-14(7-8-14)15(16,17)18/h2,4,6,20H,7-9H2,1H3,(H,19,21). The van der Waals surface area contributed by atoms with E-state index < -0.39 is 17.6 Å². The first-order valence-electron chi connectivity index (χ1n) is 6.39. The summed E-state index contributed by atoms with van der Waals surface area (Å²) in [6.07, 6.45) is -4.62. The van der Waals surface area contributed by atoms with Crippen molar-refractivity contribution >= 4 is 5.91 Å². The van der Waals surface area contributed by atoms with Crippen molar-refractivity contribution in [1.82, 2.24) is 5.32 Å². The number of aliphatic hydroxyl groups excluding tert-OH is 1. The fraction of sp³-hybridized carbons (Fsp3) is 0.400. The van der Waals surface area contributed by atoms with Crippen molar-refractivity contribution in [3.05, 3.63) is 34.9 Å². The molecule has 1 saturated carbocycles. The van der Waals surface area contributed by atoms with E-state index >= 15 is 0 Å². The molecule has 21 heavy (non-hydrogen) atoms. The molecular formula is C15H14F3NO2. The Balaban J connectivity index is 2.25. The van der Waals surface area contributed by atoms with Crippen molar-refractivity contribution in [3.63, 3.8) is 0 Å². The topological polar surface area (TPSA) is 49.3 Å². The number of hydrogen-bond donors (Lipinski definition) is 2. The van der Waals surface area contributed by atoms with Crippen LogP contribution in [0, 0.1) is 18.8 Å². The van der Waals surface area contributed by atoms with E-state index in [0.29, 0.717) is 11.1 Å². The molecule has 1 aromatic carbocycles. The van der Waals surface area contributed by atoms with Crippen LogP contribution in [0.2, 0.25) is 0 Å². The second-order valence-corrected chi connectivity index (χ2v) is 4.97. The van der Waals surface area contributed by atoms with Crippen LogP contribution in [0.25, 0.3) is 0 Å². The second kappa shape index (κ2) is 5.41. The van der Waals surface area contributed by atoms with Crippen molar-refractivity contribution in [1.29, 1.82) is 0 Å². The lowest BCUT2D eigenvalue weighted by atomic mass is 10.0. The Hall–Kier alpha value is -2.00. The molecule has 0 saturated heterocycles. The van der Waals surface area contributed by atoms with Gasteiger partial charge in [-0.25, -0.2) is 0 Å². The molecule has 1 aromatic rings. The summed E-state index contributed by atoms with van der Waals surface area (Å²) in [5.74, 6) is 4.36. The number of carbonyl (C=O) groups excluding carboxylic acids is 1. The molecule has 0 radical (unpaired) electrons. The van der Waals surface area contributed by atoms with E-state index in [-0.39, 0.29) is 25.0 Å². The summed E-state index contributed by atoms with van der Waals surface area (Å²) in [7, 11) is 0. The van der Waals surface area contributed by atoms with Crippen LogP contribution < -0.4 is 5.32 Å². The molecule has 2 rings (SSSR count). The predicted octanol–water partition coefficient (Wildman–Crippen LogP) is 2.16. The predicted molar refractivity (Wildman–Crippen MR) is 70.6 cm³/mol. The van der Waals surface area contributed by atoms with E-state index in [0.717, 1.165) is 0 Å². The number of hydrogen-bond acceptors (Lipinski definition) is 2. The monoisotopic (exact) mass is 297 g/mol. The smallest absolute Gasteiger partial charge is 0.384 e. The zero-order valence-corrected chi connectivity index (χ0v) is 11.3. The van der Waals surface area contributed by atoms with Gasteiger partial charge in [-0.15, -0.1) is 0 Å². The van der Waals surface area contributed by atoms with Crippen LogP contribution in [0.15, 0.2) is 18.2 Å². The average Bonchev–Trinajstić information content (AvgIpc) is 3.18. The quantitative estimate of drug-likeness (QED) is 0.822. The summed E-state index contributed by atoms with van der Waals surface area (Å²) < 4.78 is 38.6. The highest BCUT2D eigenvalue weighted by Crippen LogP contribution is 2.49. The van der Waals surface area contributed by atoms with Crippen molar-refractivity contribution < 1.29 is 23.1 Å². The first kappa shape index (κ1) is 15.4. The van der Waals surface area contributed by atoms with Gasteiger partial charge in [0.2, 0.25) is 0 Å². The number of aliphatic hydroxyl groups is 1. The molecule has 1 aliphatic rings. The summed E-state index contributed by atoms with van der Waals surface area (Å²) in [6.45, 7) is 1.29. The van der Waals surface area contributed by atoms with Gasteiger partial charge in [-0.1, -0.05) is 17.9 Å². The molecule has 1 fully saturated rings. The van der Waals surface area contributed by atoms with Gasteiger partial charge in [0.05, 0.1) is 0 Å². The van der Waals surface area contributed by atoms with Crippen molar-refractivity contribution in [3.8, 4) is 11.8 Å². The van der Waals surface area contributed by atoms with Gasteiger partial charge in [0, 0.05) is 11.1 Å². The molecule has 0 unspecified atom stereocenters. The van der Waals surface area contributed by atoms with E-state index in [4.69, 9.17) is 5.11 Å². The third kappa shape index (κ3) is 3.03. The maximum absolute atomic E-state index is 12.9. The van der Waals surface area contributed by atoms with Crippen molar-refractivity contribution in [2.45, 2.75) is 31.5 Å². The normalized spacial score (nSPS) is 15.9. The second-order valence-electron chi connectivity index (χ2n) is 4.97. The molecular weight excluding hydrogens is 283 g/mol. The highest BCUT2D eigenvalue weighted by atomic mass is 19.4. The Bertz CT molecular complexity index is 622. The van der Waals surface area contributed by atoms with Crippen LogP contribution in [0.5, 0.6) is 0 Å². The summed E-state index contributed by atoms with van der Waals surface area (Å²) >= 11 is 0. The Morgan fingerprint density at radius 1 is 1.43 bits per heavy atom. The fourth-order valence-corrected chi connectivity index (χ4v) is 2.04. The summed E-state index contributed by atoms with van der Waals surface area (Å²) in [5, 5.41) is 10.8. The maximum Gasteiger partial charge on any atom is 0.411 e. The lowest BCUT2D eigenvalue weighted by Gasteiger charge is -2.21. The number of nitrogens with one attached hydrogen (secondary N) is 1. The minimum atomic E-state index is -4.44. The van der Waals surface area contributed by atoms with Crippen LogP contribution in [0.3, 0.4) is 0 Å². The SMILES string of the molecule is Cc1c(C#CCO)cccc1C(=O)NC1(C(F)(F)F)CC1. The van der Waals surface area contributed by atoms with Gasteiger partial charge in [0.1, 0.15) is 12.1 Å². The molecule has 0 aromatic heterocycles. The fourth-order valence-electron chi connectivity index (χ4n) is 2.04. The number of halogens is 3. The van der Waals surface area contributed by atoms with Gasteiger partial charge in [0.25, 0.3) is 5.91 Å². The lowest BCUT2D eigenvalue weighted by molar-refractivity contribution is -0.163. The lowest BCUT2D eigenvalue weighted by Crippen LogP contribution is -2.48. The van der Waals surface area contributed by atoms with Crippen LogP contribution >= 0.6 is 0 Å². The van der Waals surface area contributed by atoms with Gasteiger partial charge < -0.3 is 10.4 Å². The number of benzene rings is 1. The maximum atomic E-state index is 12.9. The molecule has 6 heteroatoms. The molecule has 0 heterocycles. The highest BCUT2D eigenvalue weighted by molar-refractivity contribution is 5.97. The largest absolute Gasteiger partial charge is 0.411 e. The van der Waals surface area contributed by atoms with Crippen LogP contribution in [0.1, 0.15) is 34.3 Å². The van der Waals surface area contributed by atoms with Gasteiger partial charge in [0.15, 0.2) is 0 Å². The Morgan fingerprint density at radius 2 is 2.10 bits per heavy atom. The number of amides is 1. The van der Waals surface area contributed by atoms with Gasteiger partial charge in [-0.05, 0) is 37.5 Å². The summed E-state index contributed by atoms with van der Waals surface area (Å²) in [6, 6.07) is 4.66. The number of alkyl halides is 3.